The van der Waals surface area contributed by atoms with Crippen LogP contribution in [0.15, 0.2) is 13.6 Å². The third-order valence-electron chi connectivity index (χ3n) is 3.37. The van der Waals surface area contributed by atoms with Gasteiger partial charge in [-0.1, -0.05) is 6.92 Å². The molecule has 1 amide bonds. The lowest BCUT2D eigenvalue weighted by molar-refractivity contribution is -0.00157. The molecule has 6 heteroatoms. The first-order valence-electron chi connectivity index (χ1n) is 5.79. The number of hydrogen-bond donors (Lipinski definition) is 0. The standard InChI is InChI=1S/C12H15Br2NO2S/c1-7-3-4-15(6-9(7)17-2)12(16)8-5-10(13)18-11(8)14/h5,7,9H,3-4,6H2,1-2H3. The van der Waals surface area contributed by atoms with Crippen LogP contribution in [0.4, 0.5) is 0 Å². The maximum Gasteiger partial charge on any atom is 0.255 e. The number of hydrogen-bond acceptors (Lipinski definition) is 3. The maximum atomic E-state index is 12.4. The second kappa shape index (κ2) is 6.03. The van der Waals surface area contributed by atoms with Gasteiger partial charge >= 0.3 is 0 Å². The first kappa shape index (κ1) is 14.5. The predicted molar refractivity (Wildman–Crippen MR) is 80.2 cm³/mol. The summed E-state index contributed by atoms with van der Waals surface area (Å²) in [4.78, 5) is 14.3. The van der Waals surface area contributed by atoms with Crippen LogP contribution in [0.1, 0.15) is 23.7 Å². The first-order chi connectivity index (χ1) is 8.52. The fourth-order valence-corrected chi connectivity index (χ4v) is 4.96. The Morgan fingerprint density at radius 1 is 1.56 bits per heavy atom. The van der Waals surface area contributed by atoms with Crippen LogP contribution in [0, 0.1) is 5.92 Å². The third-order valence-corrected chi connectivity index (χ3v) is 5.71. The molecule has 100 valence electrons. The second-order valence-corrected chi connectivity index (χ2v) is 8.28. The van der Waals surface area contributed by atoms with Crippen molar-refractivity contribution in [3.8, 4) is 0 Å². The van der Waals surface area contributed by atoms with Gasteiger partial charge in [0, 0.05) is 20.2 Å². The summed E-state index contributed by atoms with van der Waals surface area (Å²) in [6.45, 7) is 3.66. The summed E-state index contributed by atoms with van der Waals surface area (Å²) in [5, 5.41) is 0. The monoisotopic (exact) mass is 395 g/mol. The number of amides is 1. The minimum Gasteiger partial charge on any atom is -0.379 e. The van der Waals surface area contributed by atoms with Gasteiger partial charge in [-0.25, -0.2) is 0 Å². The number of thiophene rings is 1. The van der Waals surface area contributed by atoms with Gasteiger partial charge in [0.2, 0.25) is 0 Å². The highest BCUT2D eigenvalue weighted by atomic mass is 79.9. The van der Waals surface area contributed by atoms with Crippen LogP contribution in [0.2, 0.25) is 0 Å². The Balaban J connectivity index is 2.12. The molecule has 1 aromatic rings. The van der Waals surface area contributed by atoms with Crippen LogP contribution in [0.25, 0.3) is 0 Å². The molecule has 1 aliphatic heterocycles. The number of carbonyl (C=O) groups is 1. The molecule has 0 aliphatic carbocycles. The molecule has 1 aliphatic rings. The summed E-state index contributed by atoms with van der Waals surface area (Å²) < 4.78 is 7.29. The number of nitrogens with zero attached hydrogens (tertiary/aromatic N) is 1. The zero-order chi connectivity index (χ0) is 13.3. The number of halogens is 2. The molecule has 1 fully saturated rings. The van der Waals surface area contributed by atoms with Gasteiger partial charge in [-0.2, -0.15) is 0 Å². The van der Waals surface area contributed by atoms with Gasteiger partial charge in [0.05, 0.1) is 19.2 Å². The van der Waals surface area contributed by atoms with Crippen LogP contribution in [0.3, 0.4) is 0 Å². The number of rotatable bonds is 2. The predicted octanol–water partition coefficient (Wildman–Crippen LogP) is 3.77. The lowest BCUT2D eigenvalue weighted by Gasteiger charge is -2.36. The van der Waals surface area contributed by atoms with Crippen molar-refractivity contribution in [1.82, 2.24) is 4.90 Å². The van der Waals surface area contributed by atoms with Crippen molar-refractivity contribution in [2.75, 3.05) is 20.2 Å². The van der Waals surface area contributed by atoms with Crippen molar-refractivity contribution in [3.63, 3.8) is 0 Å². The van der Waals surface area contributed by atoms with E-state index in [0.29, 0.717) is 12.5 Å². The van der Waals surface area contributed by atoms with E-state index in [1.165, 1.54) is 11.3 Å². The van der Waals surface area contributed by atoms with Crippen LogP contribution in [-0.2, 0) is 4.74 Å². The molecule has 0 radical (unpaired) electrons. The Hall–Kier alpha value is 0.0900. The molecule has 0 N–H and O–H groups in total. The summed E-state index contributed by atoms with van der Waals surface area (Å²) in [7, 11) is 1.71. The summed E-state index contributed by atoms with van der Waals surface area (Å²) in [5.74, 6) is 0.592. The normalized spacial score (nSPS) is 24.3. The summed E-state index contributed by atoms with van der Waals surface area (Å²) in [5.41, 5.74) is 0.733. The molecule has 0 saturated carbocycles. The van der Waals surface area contributed by atoms with E-state index in [4.69, 9.17) is 4.74 Å². The number of ether oxygens (including phenoxy) is 1. The highest BCUT2D eigenvalue weighted by Crippen LogP contribution is 2.33. The lowest BCUT2D eigenvalue weighted by Crippen LogP contribution is -2.46. The second-order valence-electron chi connectivity index (χ2n) is 4.53. The molecule has 2 unspecified atom stereocenters. The first-order valence-corrected chi connectivity index (χ1v) is 8.20. The molecular weight excluding hydrogens is 382 g/mol. The van der Waals surface area contributed by atoms with Gasteiger partial charge in [-0.3, -0.25) is 4.79 Å². The molecule has 3 nitrogen and oxygen atoms in total. The third kappa shape index (κ3) is 2.98. The molecule has 1 aromatic heterocycles. The maximum absolute atomic E-state index is 12.4. The van der Waals surface area contributed by atoms with Crippen molar-refractivity contribution in [2.45, 2.75) is 19.4 Å². The molecule has 2 rings (SSSR count). The molecule has 0 bridgehead atoms. The Kier molecular flexibility index (Phi) is 4.86. The van der Waals surface area contributed by atoms with Crippen molar-refractivity contribution >= 4 is 49.1 Å². The molecular formula is C12H15Br2NO2S. The van der Waals surface area contributed by atoms with Gasteiger partial charge in [-0.15, -0.1) is 11.3 Å². The van der Waals surface area contributed by atoms with Crippen LogP contribution in [0.5, 0.6) is 0 Å². The van der Waals surface area contributed by atoms with Gasteiger partial charge in [0.25, 0.3) is 5.91 Å². The van der Waals surface area contributed by atoms with Crippen molar-refractivity contribution < 1.29 is 9.53 Å². The quantitative estimate of drug-likeness (QED) is 0.761. The van der Waals surface area contributed by atoms with E-state index < -0.39 is 0 Å². The van der Waals surface area contributed by atoms with E-state index in [1.807, 2.05) is 11.0 Å². The van der Waals surface area contributed by atoms with E-state index in [-0.39, 0.29) is 12.0 Å². The Bertz CT molecular complexity index is 449. The SMILES string of the molecule is COC1CN(C(=O)c2cc(Br)sc2Br)CCC1C. The van der Waals surface area contributed by atoms with Crippen molar-refractivity contribution in [2.24, 2.45) is 5.92 Å². The van der Waals surface area contributed by atoms with Crippen LogP contribution in [-0.4, -0.2) is 37.1 Å². The van der Waals surface area contributed by atoms with Gasteiger partial charge in [-0.05, 0) is 50.3 Å². The molecule has 0 spiro atoms. The number of carbonyl (C=O) groups excluding carboxylic acids is 1. The van der Waals surface area contributed by atoms with Crippen molar-refractivity contribution in [3.05, 3.63) is 19.2 Å². The fourth-order valence-electron chi connectivity index (χ4n) is 2.18. The minimum absolute atomic E-state index is 0.0813. The fraction of sp³-hybridized carbons (Fsp3) is 0.583. The van der Waals surface area contributed by atoms with Crippen molar-refractivity contribution in [1.29, 1.82) is 0 Å². The van der Waals surface area contributed by atoms with Gasteiger partial charge in [0.1, 0.15) is 0 Å². The summed E-state index contributed by atoms with van der Waals surface area (Å²) >= 11 is 8.36. The average Bonchev–Trinajstić information content (AvgIpc) is 2.68. The minimum atomic E-state index is 0.0813. The van der Waals surface area contributed by atoms with E-state index in [1.54, 1.807) is 7.11 Å². The molecule has 18 heavy (non-hydrogen) atoms. The summed E-state index contributed by atoms with van der Waals surface area (Å²) in [6, 6.07) is 1.87. The lowest BCUT2D eigenvalue weighted by atomic mass is 9.95. The van der Waals surface area contributed by atoms with Crippen LogP contribution < -0.4 is 0 Å². The number of methoxy groups -OCH3 is 1. The van der Waals surface area contributed by atoms with E-state index in [9.17, 15) is 4.79 Å². The molecule has 2 heterocycles. The Labute approximate surface area is 128 Å². The van der Waals surface area contributed by atoms with E-state index >= 15 is 0 Å². The highest BCUT2D eigenvalue weighted by molar-refractivity contribution is 9.12. The van der Waals surface area contributed by atoms with E-state index in [2.05, 4.69) is 38.8 Å². The zero-order valence-electron chi connectivity index (χ0n) is 10.3. The topological polar surface area (TPSA) is 29.5 Å². The summed E-state index contributed by atoms with van der Waals surface area (Å²) in [6.07, 6.45) is 1.14. The molecule has 0 aromatic carbocycles. The number of likely N-dealkylation sites (tertiary alicyclic amines) is 1. The molecule has 2 atom stereocenters. The van der Waals surface area contributed by atoms with Gasteiger partial charge in [0.15, 0.2) is 0 Å². The Morgan fingerprint density at radius 2 is 2.28 bits per heavy atom. The Morgan fingerprint density at radius 3 is 2.83 bits per heavy atom. The highest BCUT2D eigenvalue weighted by Gasteiger charge is 2.30. The molecule has 1 saturated heterocycles. The van der Waals surface area contributed by atoms with Gasteiger partial charge < -0.3 is 9.64 Å². The van der Waals surface area contributed by atoms with Crippen LogP contribution >= 0.6 is 43.2 Å². The van der Waals surface area contributed by atoms with E-state index in [0.717, 1.165) is 26.1 Å². The zero-order valence-corrected chi connectivity index (χ0v) is 14.3. The smallest absolute Gasteiger partial charge is 0.255 e. The average molecular weight is 397 g/mol. The largest absolute Gasteiger partial charge is 0.379 e. The number of piperidine rings is 1.